The topological polar surface area (TPSA) is 27.1 Å². The molecule has 0 atom stereocenters. The van der Waals surface area contributed by atoms with Crippen LogP contribution in [-0.2, 0) is 6.54 Å². The summed E-state index contributed by atoms with van der Waals surface area (Å²) in [5.74, 6) is 1.94. The highest BCUT2D eigenvalue weighted by molar-refractivity contribution is 6.30. The van der Waals surface area contributed by atoms with Gasteiger partial charge in [0, 0.05) is 11.6 Å². The molecule has 0 saturated heterocycles. The molecule has 158 valence electrons. The number of benzene rings is 3. The van der Waals surface area contributed by atoms with E-state index in [0.717, 1.165) is 52.6 Å². The fraction of sp³-hybridized carbons (Fsp3) is 0.222. The van der Waals surface area contributed by atoms with Gasteiger partial charge in [-0.05, 0) is 74.2 Å². The van der Waals surface area contributed by atoms with Gasteiger partial charge in [0.1, 0.15) is 11.6 Å². The van der Waals surface area contributed by atoms with Crippen molar-refractivity contribution in [3.63, 3.8) is 0 Å². The SMILES string of the molecule is Cc1ccc(OCCCCn2c(/C=C/c3ccc(Cl)cc3)nc3ccccc32)c(C)c1. The molecule has 4 aromatic rings. The highest BCUT2D eigenvalue weighted by Crippen LogP contribution is 2.21. The number of aryl methyl sites for hydroxylation is 3. The van der Waals surface area contributed by atoms with Gasteiger partial charge in [-0.15, -0.1) is 0 Å². The number of halogens is 1. The van der Waals surface area contributed by atoms with Crippen LogP contribution in [0.1, 0.15) is 35.4 Å². The molecule has 0 aliphatic heterocycles. The number of aromatic nitrogens is 2. The molecule has 31 heavy (non-hydrogen) atoms. The van der Waals surface area contributed by atoms with Gasteiger partial charge in [0.2, 0.25) is 0 Å². The number of hydrogen-bond acceptors (Lipinski definition) is 2. The summed E-state index contributed by atoms with van der Waals surface area (Å²) in [6.07, 6.45) is 6.17. The van der Waals surface area contributed by atoms with Gasteiger partial charge in [-0.3, -0.25) is 0 Å². The van der Waals surface area contributed by atoms with Gasteiger partial charge in [-0.2, -0.15) is 0 Å². The fourth-order valence-electron chi connectivity index (χ4n) is 3.72. The van der Waals surface area contributed by atoms with E-state index in [9.17, 15) is 0 Å². The van der Waals surface area contributed by atoms with Gasteiger partial charge >= 0.3 is 0 Å². The lowest BCUT2D eigenvalue weighted by molar-refractivity contribution is 0.301. The number of imidazole rings is 1. The Morgan fingerprint density at radius 1 is 0.935 bits per heavy atom. The molecule has 0 N–H and O–H groups in total. The average molecular weight is 431 g/mol. The first kappa shape index (κ1) is 21.2. The van der Waals surface area contributed by atoms with Crippen LogP contribution in [-0.4, -0.2) is 16.2 Å². The molecule has 4 heteroatoms. The fourth-order valence-corrected chi connectivity index (χ4v) is 3.84. The van der Waals surface area contributed by atoms with Crippen molar-refractivity contribution in [2.24, 2.45) is 0 Å². The molecule has 0 aliphatic rings. The standard InChI is InChI=1S/C27H27ClN2O/c1-20-9-15-26(21(2)19-20)31-18-6-5-17-30-25-8-4-3-7-24(25)29-27(30)16-12-22-10-13-23(28)14-11-22/h3-4,7-16,19H,5-6,17-18H2,1-2H3/b16-12+. The normalized spacial score (nSPS) is 11.5. The molecular formula is C27H27ClN2O. The van der Waals surface area contributed by atoms with E-state index in [1.807, 2.05) is 30.3 Å². The maximum absolute atomic E-state index is 5.99. The van der Waals surface area contributed by atoms with Crippen LogP contribution in [0.5, 0.6) is 5.75 Å². The Kier molecular flexibility index (Phi) is 6.73. The van der Waals surface area contributed by atoms with Crippen LogP contribution in [0.25, 0.3) is 23.2 Å². The molecule has 0 amide bonds. The first-order valence-electron chi connectivity index (χ1n) is 10.7. The van der Waals surface area contributed by atoms with E-state index in [1.165, 1.54) is 11.1 Å². The number of hydrogen-bond donors (Lipinski definition) is 0. The molecule has 0 spiro atoms. The van der Waals surface area contributed by atoms with E-state index in [-0.39, 0.29) is 0 Å². The monoisotopic (exact) mass is 430 g/mol. The zero-order chi connectivity index (χ0) is 21.6. The van der Waals surface area contributed by atoms with Gasteiger partial charge in [-0.1, -0.05) is 59.6 Å². The summed E-state index contributed by atoms with van der Waals surface area (Å²) in [4.78, 5) is 4.83. The van der Waals surface area contributed by atoms with E-state index in [2.05, 4.69) is 67.0 Å². The summed E-state index contributed by atoms with van der Waals surface area (Å²) in [6, 6.07) is 22.4. The minimum atomic E-state index is 0.715. The van der Waals surface area contributed by atoms with Crippen molar-refractivity contribution in [3.8, 4) is 5.75 Å². The van der Waals surface area contributed by atoms with E-state index in [4.69, 9.17) is 21.3 Å². The molecule has 4 rings (SSSR count). The number of unbranched alkanes of at least 4 members (excludes halogenated alkanes) is 1. The van der Waals surface area contributed by atoms with Crippen molar-refractivity contribution in [3.05, 3.63) is 94.3 Å². The largest absolute Gasteiger partial charge is 0.493 e. The predicted octanol–water partition coefficient (Wildman–Crippen LogP) is 7.34. The quantitative estimate of drug-likeness (QED) is 0.273. The van der Waals surface area contributed by atoms with Crippen LogP contribution in [0.15, 0.2) is 66.7 Å². The van der Waals surface area contributed by atoms with E-state index in [0.29, 0.717) is 6.61 Å². The van der Waals surface area contributed by atoms with Crippen molar-refractivity contribution < 1.29 is 4.74 Å². The first-order valence-corrected chi connectivity index (χ1v) is 11.1. The number of ether oxygens (including phenoxy) is 1. The minimum Gasteiger partial charge on any atom is -0.493 e. The van der Waals surface area contributed by atoms with Crippen LogP contribution >= 0.6 is 11.6 Å². The predicted molar refractivity (Wildman–Crippen MR) is 131 cm³/mol. The lowest BCUT2D eigenvalue weighted by Gasteiger charge is -2.11. The Morgan fingerprint density at radius 2 is 1.74 bits per heavy atom. The number of para-hydroxylation sites is 2. The number of nitrogens with zero attached hydrogens (tertiary/aromatic N) is 2. The Hall–Kier alpha value is -3.04. The van der Waals surface area contributed by atoms with Crippen LogP contribution in [0.2, 0.25) is 5.02 Å². The second-order valence-electron chi connectivity index (χ2n) is 7.82. The minimum absolute atomic E-state index is 0.715. The zero-order valence-electron chi connectivity index (χ0n) is 18.0. The molecule has 0 radical (unpaired) electrons. The van der Waals surface area contributed by atoms with E-state index >= 15 is 0 Å². The third kappa shape index (κ3) is 5.36. The lowest BCUT2D eigenvalue weighted by atomic mass is 10.1. The van der Waals surface area contributed by atoms with Crippen LogP contribution < -0.4 is 4.74 Å². The molecule has 1 heterocycles. The molecule has 0 saturated carbocycles. The van der Waals surface area contributed by atoms with Crippen LogP contribution in [0, 0.1) is 13.8 Å². The summed E-state index contributed by atoms with van der Waals surface area (Å²) in [6.45, 7) is 5.81. The zero-order valence-corrected chi connectivity index (χ0v) is 18.8. The number of rotatable bonds is 8. The van der Waals surface area contributed by atoms with Gasteiger partial charge < -0.3 is 9.30 Å². The summed E-state index contributed by atoms with van der Waals surface area (Å²) >= 11 is 5.99. The van der Waals surface area contributed by atoms with Crippen LogP contribution in [0.4, 0.5) is 0 Å². The van der Waals surface area contributed by atoms with E-state index < -0.39 is 0 Å². The third-order valence-corrected chi connectivity index (χ3v) is 5.59. The second-order valence-corrected chi connectivity index (χ2v) is 8.26. The second kappa shape index (κ2) is 9.84. The Labute approximate surface area is 189 Å². The maximum Gasteiger partial charge on any atom is 0.133 e. The van der Waals surface area contributed by atoms with Gasteiger partial charge in [0.15, 0.2) is 0 Å². The Balaban J connectivity index is 1.42. The van der Waals surface area contributed by atoms with Crippen LogP contribution in [0.3, 0.4) is 0 Å². The van der Waals surface area contributed by atoms with Gasteiger partial charge in [0.05, 0.1) is 17.6 Å². The average Bonchev–Trinajstić information content (AvgIpc) is 3.12. The smallest absolute Gasteiger partial charge is 0.133 e. The van der Waals surface area contributed by atoms with Gasteiger partial charge in [-0.25, -0.2) is 4.98 Å². The Morgan fingerprint density at radius 3 is 2.55 bits per heavy atom. The van der Waals surface area contributed by atoms with Crippen molar-refractivity contribution in [2.45, 2.75) is 33.2 Å². The van der Waals surface area contributed by atoms with E-state index in [1.54, 1.807) is 0 Å². The Bertz CT molecular complexity index is 1190. The molecule has 0 unspecified atom stereocenters. The molecule has 3 aromatic carbocycles. The molecule has 3 nitrogen and oxygen atoms in total. The summed E-state index contributed by atoms with van der Waals surface area (Å²) in [5, 5.41) is 0.743. The molecule has 1 aromatic heterocycles. The highest BCUT2D eigenvalue weighted by atomic mass is 35.5. The van der Waals surface area contributed by atoms with Crippen molar-refractivity contribution in [1.29, 1.82) is 0 Å². The van der Waals surface area contributed by atoms with Crippen molar-refractivity contribution in [2.75, 3.05) is 6.61 Å². The lowest BCUT2D eigenvalue weighted by Crippen LogP contribution is -2.04. The number of fused-ring (bicyclic) bond motifs is 1. The third-order valence-electron chi connectivity index (χ3n) is 5.34. The summed E-state index contributed by atoms with van der Waals surface area (Å²) in [7, 11) is 0. The maximum atomic E-state index is 5.99. The van der Waals surface area contributed by atoms with Crippen molar-refractivity contribution in [1.82, 2.24) is 9.55 Å². The van der Waals surface area contributed by atoms with Crippen molar-refractivity contribution >= 4 is 34.8 Å². The molecule has 0 aliphatic carbocycles. The molecular weight excluding hydrogens is 404 g/mol. The molecule has 0 fully saturated rings. The highest BCUT2D eigenvalue weighted by Gasteiger charge is 2.08. The summed E-state index contributed by atoms with van der Waals surface area (Å²) in [5.41, 5.74) is 5.73. The summed E-state index contributed by atoms with van der Waals surface area (Å²) < 4.78 is 8.28. The van der Waals surface area contributed by atoms with Gasteiger partial charge in [0.25, 0.3) is 0 Å². The first-order chi connectivity index (χ1) is 15.1. The molecule has 0 bridgehead atoms.